The van der Waals surface area contributed by atoms with E-state index in [1.165, 1.54) is 12.1 Å². The number of hydrogen-bond donors (Lipinski definition) is 2. The Labute approximate surface area is 95.6 Å². The van der Waals surface area contributed by atoms with Crippen LogP contribution in [0.5, 0.6) is 0 Å². The van der Waals surface area contributed by atoms with Gasteiger partial charge in [0.1, 0.15) is 5.82 Å². The van der Waals surface area contributed by atoms with Crippen molar-refractivity contribution in [2.24, 2.45) is 0 Å². The van der Waals surface area contributed by atoms with Crippen LogP contribution in [0.4, 0.5) is 10.3 Å². The molecule has 0 saturated heterocycles. The van der Waals surface area contributed by atoms with E-state index in [4.69, 9.17) is 4.52 Å². The van der Waals surface area contributed by atoms with Gasteiger partial charge >= 0.3 is 0 Å². The highest BCUT2D eigenvalue weighted by Crippen LogP contribution is 2.15. The molecule has 3 aromatic rings. The summed E-state index contributed by atoms with van der Waals surface area (Å²) in [6, 6.07) is 6.17. The minimum Gasteiger partial charge on any atom is -0.360 e. The third kappa shape index (κ3) is 1.96. The summed E-state index contributed by atoms with van der Waals surface area (Å²) in [5, 5.41) is 6.63. The molecule has 0 aliphatic rings. The van der Waals surface area contributed by atoms with Crippen LogP contribution in [0, 0.1) is 5.82 Å². The van der Waals surface area contributed by atoms with Gasteiger partial charge in [-0.2, -0.15) is 0 Å². The number of hydrogen-bond acceptors (Lipinski definition) is 4. The molecule has 0 bridgehead atoms. The van der Waals surface area contributed by atoms with Crippen LogP contribution >= 0.6 is 0 Å². The first-order chi connectivity index (χ1) is 8.31. The number of halogens is 1. The highest BCUT2D eigenvalue weighted by Gasteiger charge is 2.04. The lowest BCUT2D eigenvalue weighted by Gasteiger charge is -1.97. The van der Waals surface area contributed by atoms with E-state index in [1.54, 1.807) is 18.3 Å². The van der Waals surface area contributed by atoms with Crippen LogP contribution in [0.1, 0.15) is 5.76 Å². The number of aromatic nitrogens is 3. The summed E-state index contributed by atoms with van der Waals surface area (Å²) in [7, 11) is 0. The Balaban J connectivity index is 1.81. The summed E-state index contributed by atoms with van der Waals surface area (Å²) in [5.41, 5.74) is 1.37. The normalized spacial score (nSPS) is 10.9. The van der Waals surface area contributed by atoms with Gasteiger partial charge in [-0.1, -0.05) is 5.16 Å². The Morgan fingerprint density at radius 1 is 1.35 bits per heavy atom. The molecule has 86 valence electrons. The van der Waals surface area contributed by atoms with E-state index in [9.17, 15) is 4.39 Å². The molecule has 1 aromatic carbocycles. The summed E-state index contributed by atoms with van der Waals surface area (Å²) >= 11 is 0. The first-order valence-electron chi connectivity index (χ1n) is 5.10. The second-order valence-electron chi connectivity index (χ2n) is 3.58. The van der Waals surface area contributed by atoms with Crippen molar-refractivity contribution in [1.82, 2.24) is 15.1 Å². The van der Waals surface area contributed by atoms with Crippen LogP contribution in [0.3, 0.4) is 0 Å². The zero-order chi connectivity index (χ0) is 11.7. The van der Waals surface area contributed by atoms with Crippen LogP contribution in [0.15, 0.2) is 35.0 Å². The monoisotopic (exact) mass is 232 g/mol. The molecule has 0 saturated carbocycles. The number of H-pyrrole nitrogens is 1. The van der Waals surface area contributed by atoms with Gasteiger partial charge in [-0.25, -0.2) is 9.37 Å². The maximum atomic E-state index is 13.0. The van der Waals surface area contributed by atoms with Crippen molar-refractivity contribution in [2.75, 3.05) is 5.32 Å². The van der Waals surface area contributed by atoms with Crippen LogP contribution in [0.2, 0.25) is 0 Å². The molecule has 0 radical (unpaired) electrons. The van der Waals surface area contributed by atoms with Crippen molar-refractivity contribution < 1.29 is 8.91 Å². The number of nitrogens with zero attached hydrogens (tertiary/aromatic N) is 2. The molecule has 17 heavy (non-hydrogen) atoms. The lowest BCUT2D eigenvalue weighted by atomic mass is 10.3. The van der Waals surface area contributed by atoms with E-state index in [0.717, 1.165) is 0 Å². The summed E-state index contributed by atoms with van der Waals surface area (Å²) in [6.45, 7) is 0.475. The van der Waals surface area contributed by atoms with Gasteiger partial charge < -0.3 is 14.8 Å². The summed E-state index contributed by atoms with van der Waals surface area (Å²) in [5.74, 6) is 0.988. The fourth-order valence-electron chi connectivity index (χ4n) is 1.57. The lowest BCUT2D eigenvalue weighted by molar-refractivity contribution is 0.388. The van der Waals surface area contributed by atoms with E-state index in [-0.39, 0.29) is 5.82 Å². The van der Waals surface area contributed by atoms with Gasteiger partial charge in [0.15, 0.2) is 5.76 Å². The summed E-state index contributed by atoms with van der Waals surface area (Å²) < 4.78 is 17.9. The maximum Gasteiger partial charge on any atom is 0.201 e. The molecule has 0 amide bonds. The van der Waals surface area contributed by atoms with Crippen molar-refractivity contribution in [3.05, 3.63) is 42.0 Å². The summed E-state index contributed by atoms with van der Waals surface area (Å²) in [4.78, 5) is 7.23. The van der Waals surface area contributed by atoms with Gasteiger partial charge in [0.05, 0.1) is 23.8 Å². The number of aromatic amines is 1. The average Bonchev–Trinajstić information content (AvgIpc) is 2.94. The Morgan fingerprint density at radius 3 is 3.12 bits per heavy atom. The molecule has 0 spiro atoms. The van der Waals surface area contributed by atoms with Crippen LogP contribution in [-0.4, -0.2) is 15.1 Å². The van der Waals surface area contributed by atoms with Crippen LogP contribution in [0.25, 0.3) is 11.0 Å². The highest BCUT2D eigenvalue weighted by molar-refractivity contribution is 5.77. The first kappa shape index (κ1) is 9.83. The van der Waals surface area contributed by atoms with Gasteiger partial charge in [-0.3, -0.25) is 0 Å². The second kappa shape index (κ2) is 3.89. The summed E-state index contributed by atoms with van der Waals surface area (Å²) in [6.07, 6.45) is 1.57. The number of nitrogens with one attached hydrogen (secondary N) is 2. The fourth-order valence-corrected chi connectivity index (χ4v) is 1.57. The number of rotatable bonds is 3. The van der Waals surface area contributed by atoms with Crippen LogP contribution in [-0.2, 0) is 6.54 Å². The Kier molecular flexibility index (Phi) is 2.25. The van der Waals surface area contributed by atoms with Crippen molar-refractivity contribution in [3.63, 3.8) is 0 Å². The quantitative estimate of drug-likeness (QED) is 0.727. The predicted octanol–water partition coefficient (Wildman–Crippen LogP) is 2.30. The smallest absolute Gasteiger partial charge is 0.201 e. The Hall–Kier alpha value is -2.37. The van der Waals surface area contributed by atoms with E-state index in [0.29, 0.717) is 29.3 Å². The first-order valence-corrected chi connectivity index (χ1v) is 5.10. The van der Waals surface area contributed by atoms with Gasteiger partial charge in [0.25, 0.3) is 0 Å². The molecule has 2 aromatic heterocycles. The third-order valence-electron chi connectivity index (χ3n) is 2.37. The van der Waals surface area contributed by atoms with Gasteiger partial charge in [0, 0.05) is 6.07 Å². The number of fused-ring (bicyclic) bond motifs is 1. The van der Waals surface area contributed by atoms with Gasteiger partial charge in [0.2, 0.25) is 5.95 Å². The standard InChI is InChI=1S/C11H9FN4O/c12-7-1-2-9-10(5-7)16-11(15-9)13-6-8-3-4-14-17-8/h1-5H,6H2,(H2,13,15,16). The molecule has 2 heterocycles. The molecule has 5 nitrogen and oxygen atoms in total. The number of imidazole rings is 1. The van der Waals surface area contributed by atoms with Crippen molar-refractivity contribution in [1.29, 1.82) is 0 Å². The number of benzene rings is 1. The lowest BCUT2D eigenvalue weighted by Crippen LogP contribution is -1.99. The molecule has 3 rings (SSSR count). The Morgan fingerprint density at radius 2 is 2.29 bits per heavy atom. The molecule has 0 unspecified atom stereocenters. The molecule has 0 atom stereocenters. The van der Waals surface area contributed by atoms with E-state index in [1.807, 2.05) is 0 Å². The zero-order valence-electron chi connectivity index (χ0n) is 8.77. The van der Waals surface area contributed by atoms with E-state index >= 15 is 0 Å². The molecule has 0 aliphatic carbocycles. The fraction of sp³-hybridized carbons (Fsp3) is 0.0909. The predicted molar refractivity (Wildman–Crippen MR) is 59.9 cm³/mol. The molecular weight excluding hydrogens is 223 g/mol. The SMILES string of the molecule is Fc1ccc2nc(NCc3ccno3)[nH]c2c1. The Bertz CT molecular complexity index is 632. The van der Waals surface area contributed by atoms with Crippen molar-refractivity contribution in [2.45, 2.75) is 6.54 Å². The van der Waals surface area contributed by atoms with Gasteiger partial charge in [-0.05, 0) is 18.2 Å². The van der Waals surface area contributed by atoms with Crippen LogP contribution < -0.4 is 5.32 Å². The second-order valence-corrected chi connectivity index (χ2v) is 3.58. The minimum absolute atomic E-state index is 0.289. The molecule has 0 fully saturated rings. The van der Waals surface area contributed by atoms with Crippen molar-refractivity contribution in [3.8, 4) is 0 Å². The topological polar surface area (TPSA) is 66.7 Å². The molecule has 0 aliphatic heterocycles. The number of anilines is 1. The molecule has 2 N–H and O–H groups in total. The average molecular weight is 232 g/mol. The third-order valence-corrected chi connectivity index (χ3v) is 2.37. The van der Waals surface area contributed by atoms with E-state index < -0.39 is 0 Å². The van der Waals surface area contributed by atoms with Crippen molar-refractivity contribution >= 4 is 17.0 Å². The largest absolute Gasteiger partial charge is 0.360 e. The maximum absolute atomic E-state index is 13.0. The zero-order valence-corrected chi connectivity index (χ0v) is 8.77. The molecular formula is C11H9FN4O. The van der Waals surface area contributed by atoms with Gasteiger partial charge in [-0.15, -0.1) is 0 Å². The highest BCUT2D eigenvalue weighted by atomic mass is 19.1. The molecule has 6 heteroatoms. The van der Waals surface area contributed by atoms with E-state index in [2.05, 4.69) is 20.4 Å². The minimum atomic E-state index is -0.289.